The quantitative estimate of drug-likeness (QED) is 0.390. The summed E-state index contributed by atoms with van der Waals surface area (Å²) >= 11 is 0. The summed E-state index contributed by atoms with van der Waals surface area (Å²) in [6.45, 7) is 0. The van der Waals surface area contributed by atoms with Gasteiger partial charge in [-0.15, -0.1) is 13.2 Å². The molecule has 9 heteroatoms. The van der Waals surface area contributed by atoms with Crippen LogP contribution >= 0.6 is 0 Å². The minimum atomic E-state index is -4.86. The fourth-order valence-electron chi connectivity index (χ4n) is 3.07. The lowest BCUT2D eigenvalue weighted by molar-refractivity contribution is -0.274. The Kier molecular flexibility index (Phi) is 4.65. The standard InChI is InChI=1S/C21H13F4N3O2/c22-13-4-7-15(8-5-13)28-20(29)17-9-6-14(26)11-18(17)19(27-28)12-2-1-3-16(10-12)30-21(23,24)25/h1-11H,26H2. The van der Waals surface area contributed by atoms with E-state index in [2.05, 4.69) is 9.84 Å². The molecule has 0 fully saturated rings. The molecule has 30 heavy (non-hydrogen) atoms. The molecule has 0 unspecified atom stereocenters. The molecule has 4 aromatic rings. The second-order valence-electron chi connectivity index (χ2n) is 6.42. The molecule has 3 aromatic carbocycles. The highest BCUT2D eigenvalue weighted by molar-refractivity contribution is 5.96. The van der Waals surface area contributed by atoms with Gasteiger partial charge in [0.05, 0.1) is 16.8 Å². The van der Waals surface area contributed by atoms with E-state index >= 15 is 0 Å². The Hall–Kier alpha value is -3.88. The molecule has 1 aromatic heterocycles. The fourth-order valence-corrected chi connectivity index (χ4v) is 3.07. The number of fused-ring (bicyclic) bond motifs is 1. The first kappa shape index (κ1) is 19.4. The first-order valence-corrected chi connectivity index (χ1v) is 8.66. The van der Waals surface area contributed by atoms with E-state index in [1.165, 1.54) is 54.6 Å². The van der Waals surface area contributed by atoms with E-state index in [0.29, 0.717) is 16.8 Å². The van der Waals surface area contributed by atoms with Crippen molar-refractivity contribution < 1.29 is 22.3 Å². The van der Waals surface area contributed by atoms with Crippen molar-refractivity contribution in [3.63, 3.8) is 0 Å². The molecular weight excluding hydrogens is 402 g/mol. The van der Waals surface area contributed by atoms with Gasteiger partial charge in [0.1, 0.15) is 11.6 Å². The van der Waals surface area contributed by atoms with E-state index in [9.17, 15) is 22.4 Å². The van der Waals surface area contributed by atoms with Gasteiger partial charge in [-0.25, -0.2) is 4.39 Å². The van der Waals surface area contributed by atoms with E-state index in [1.807, 2.05) is 0 Å². The number of aromatic nitrogens is 2. The first-order chi connectivity index (χ1) is 14.2. The number of hydrogen-bond donors (Lipinski definition) is 1. The molecule has 0 spiro atoms. The summed E-state index contributed by atoms with van der Waals surface area (Å²) in [5.41, 5.74) is 6.51. The Bertz CT molecular complexity index is 1300. The van der Waals surface area contributed by atoms with Crippen LogP contribution in [0.1, 0.15) is 0 Å². The maximum atomic E-state index is 13.3. The third-order valence-corrected chi connectivity index (χ3v) is 4.33. The molecule has 5 nitrogen and oxygen atoms in total. The SMILES string of the molecule is Nc1ccc2c(=O)n(-c3ccc(F)cc3)nc(-c3cccc(OC(F)(F)F)c3)c2c1. The van der Waals surface area contributed by atoms with Crippen LogP contribution in [0.2, 0.25) is 0 Å². The van der Waals surface area contributed by atoms with Crippen molar-refractivity contribution in [3.8, 4) is 22.7 Å². The number of ether oxygens (including phenoxy) is 1. The zero-order chi connectivity index (χ0) is 21.5. The topological polar surface area (TPSA) is 70.1 Å². The van der Waals surface area contributed by atoms with Crippen LogP contribution in [0, 0.1) is 5.82 Å². The highest BCUT2D eigenvalue weighted by atomic mass is 19.4. The van der Waals surface area contributed by atoms with Crippen molar-refractivity contribution >= 4 is 16.5 Å². The number of alkyl halides is 3. The van der Waals surface area contributed by atoms with Crippen LogP contribution < -0.4 is 16.0 Å². The maximum absolute atomic E-state index is 13.3. The fraction of sp³-hybridized carbons (Fsp3) is 0.0476. The minimum absolute atomic E-state index is 0.217. The zero-order valence-corrected chi connectivity index (χ0v) is 15.2. The largest absolute Gasteiger partial charge is 0.573 e. The monoisotopic (exact) mass is 415 g/mol. The second-order valence-corrected chi connectivity index (χ2v) is 6.42. The number of hydrogen-bond acceptors (Lipinski definition) is 4. The number of benzene rings is 3. The number of halogens is 4. The lowest BCUT2D eigenvalue weighted by atomic mass is 10.0. The van der Waals surface area contributed by atoms with Crippen LogP contribution in [0.5, 0.6) is 5.75 Å². The summed E-state index contributed by atoms with van der Waals surface area (Å²) < 4.78 is 56.2. The molecule has 152 valence electrons. The summed E-state index contributed by atoms with van der Waals surface area (Å²) in [6.07, 6.45) is -4.86. The minimum Gasteiger partial charge on any atom is -0.406 e. The predicted octanol–water partition coefficient (Wildman–Crippen LogP) is 4.67. The van der Waals surface area contributed by atoms with E-state index < -0.39 is 23.5 Å². The van der Waals surface area contributed by atoms with Gasteiger partial charge in [-0.2, -0.15) is 9.78 Å². The Morgan fingerprint density at radius 1 is 0.933 bits per heavy atom. The molecule has 0 saturated heterocycles. The van der Waals surface area contributed by atoms with Crippen LogP contribution in [-0.2, 0) is 0 Å². The first-order valence-electron chi connectivity index (χ1n) is 8.66. The third kappa shape index (κ3) is 3.82. The average Bonchev–Trinajstić information content (AvgIpc) is 2.68. The molecule has 0 saturated carbocycles. The van der Waals surface area contributed by atoms with Crippen LogP contribution in [0.25, 0.3) is 27.7 Å². The lowest BCUT2D eigenvalue weighted by Gasteiger charge is -2.13. The molecule has 0 radical (unpaired) electrons. The van der Waals surface area contributed by atoms with Crippen molar-refractivity contribution in [2.24, 2.45) is 0 Å². The van der Waals surface area contributed by atoms with Crippen LogP contribution in [0.15, 0.2) is 71.5 Å². The molecule has 0 aliphatic carbocycles. The Labute approximate surface area is 166 Å². The summed E-state index contributed by atoms with van der Waals surface area (Å²) in [5.74, 6) is -0.920. The molecule has 0 amide bonds. The summed E-state index contributed by atoms with van der Waals surface area (Å²) in [7, 11) is 0. The van der Waals surface area contributed by atoms with Gasteiger partial charge in [-0.1, -0.05) is 12.1 Å². The highest BCUT2D eigenvalue weighted by Gasteiger charge is 2.31. The van der Waals surface area contributed by atoms with Crippen molar-refractivity contribution in [2.45, 2.75) is 6.36 Å². The number of rotatable bonds is 3. The van der Waals surface area contributed by atoms with Crippen LogP contribution in [0.4, 0.5) is 23.2 Å². The van der Waals surface area contributed by atoms with Gasteiger partial charge >= 0.3 is 6.36 Å². The van der Waals surface area contributed by atoms with Crippen molar-refractivity contribution in [1.82, 2.24) is 9.78 Å². The van der Waals surface area contributed by atoms with E-state index in [0.717, 1.165) is 16.8 Å². The number of anilines is 1. The Balaban J connectivity index is 1.98. The van der Waals surface area contributed by atoms with Gasteiger partial charge in [0.25, 0.3) is 5.56 Å². The molecular formula is C21H13F4N3O2. The molecule has 0 atom stereocenters. The normalized spacial score (nSPS) is 11.6. The van der Waals surface area contributed by atoms with Crippen molar-refractivity contribution in [3.05, 3.63) is 82.9 Å². The summed E-state index contributed by atoms with van der Waals surface area (Å²) in [5, 5.41) is 4.95. The average molecular weight is 415 g/mol. The van der Waals surface area contributed by atoms with Gasteiger partial charge < -0.3 is 10.5 Å². The van der Waals surface area contributed by atoms with Gasteiger partial charge in [0.15, 0.2) is 0 Å². The van der Waals surface area contributed by atoms with E-state index in [-0.39, 0.29) is 16.6 Å². The molecule has 2 N–H and O–H groups in total. The lowest BCUT2D eigenvalue weighted by Crippen LogP contribution is -2.22. The Morgan fingerprint density at radius 3 is 2.37 bits per heavy atom. The van der Waals surface area contributed by atoms with Crippen molar-refractivity contribution in [2.75, 3.05) is 5.73 Å². The summed E-state index contributed by atoms with van der Waals surface area (Å²) in [4.78, 5) is 13.0. The summed E-state index contributed by atoms with van der Waals surface area (Å²) in [6, 6.07) is 14.9. The molecule has 0 bridgehead atoms. The molecule has 4 rings (SSSR count). The van der Waals surface area contributed by atoms with Gasteiger partial charge in [-0.3, -0.25) is 4.79 Å². The predicted molar refractivity (Wildman–Crippen MR) is 104 cm³/mol. The molecule has 0 aliphatic heterocycles. The molecule has 0 aliphatic rings. The van der Waals surface area contributed by atoms with Crippen molar-refractivity contribution in [1.29, 1.82) is 0 Å². The maximum Gasteiger partial charge on any atom is 0.573 e. The van der Waals surface area contributed by atoms with E-state index in [4.69, 9.17) is 5.73 Å². The smallest absolute Gasteiger partial charge is 0.406 e. The number of nitrogens with two attached hydrogens (primary N) is 1. The number of nitrogen functional groups attached to an aromatic ring is 1. The highest BCUT2D eigenvalue weighted by Crippen LogP contribution is 2.31. The van der Waals surface area contributed by atoms with E-state index in [1.54, 1.807) is 0 Å². The Morgan fingerprint density at radius 2 is 1.67 bits per heavy atom. The van der Waals surface area contributed by atoms with Crippen LogP contribution in [-0.4, -0.2) is 16.1 Å². The zero-order valence-electron chi connectivity index (χ0n) is 15.2. The third-order valence-electron chi connectivity index (χ3n) is 4.33. The van der Waals surface area contributed by atoms with Gasteiger partial charge in [0.2, 0.25) is 0 Å². The van der Waals surface area contributed by atoms with Gasteiger partial charge in [0, 0.05) is 16.6 Å². The van der Waals surface area contributed by atoms with Crippen LogP contribution in [0.3, 0.4) is 0 Å². The second kappa shape index (κ2) is 7.18. The van der Waals surface area contributed by atoms with Gasteiger partial charge in [-0.05, 0) is 54.6 Å². The molecule has 1 heterocycles. The number of nitrogens with zero attached hydrogens (tertiary/aromatic N) is 2.